The van der Waals surface area contributed by atoms with Gasteiger partial charge in [0.05, 0.1) is 5.56 Å². The third-order valence-corrected chi connectivity index (χ3v) is 2.40. The van der Waals surface area contributed by atoms with Crippen LogP contribution in [0.2, 0.25) is 0 Å². The summed E-state index contributed by atoms with van der Waals surface area (Å²) >= 11 is 0. The summed E-state index contributed by atoms with van der Waals surface area (Å²) in [5.41, 5.74) is 2.02. The maximum Gasteiger partial charge on any atom is 0.348 e. The largest absolute Gasteiger partial charge is 0.467 e. The molecule has 0 spiro atoms. The van der Waals surface area contributed by atoms with Gasteiger partial charge in [0.25, 0.3) is 0 Å². The highest BCUT2D eigenvalue weighted by atomic mass is 16.5. The first-order chi connectivity index (χ1) is 6.89. The molecule has 1 aromatic heterocycles. The summed E-state index contributed by atoms with van der Waals surface area (Å²) in [5.74, 6) is 0.432. The molecule has 0 aromatic carbocycles. The van der Waals surface area contributed by atoms with Gasteiger partial charge in [0.15, 0.2) is 0 Å². The Labute approximate surface area is 88.0 Å². The van der Waals surface area contributed by atoms with Gasteiger partial charge in [0.2, 0.25) is 5.88 Å². The van der Waals surface area contributed by atoms with Gasteiger partial charge in [-0.1, -0.05) is 0 Å². The van der Waals surface area contributed by atoms with Gasteiger partial charge in [-0.15, -0.1) is 0 Å². The molecule has 1 aromatic rings. The highest BCUT2D eigenvalue weighted by Crippen LogP contribution is 2.34. The fourth-order valence-electron chi connectivity index (χ4n) is 1.97. The predicted octanol–water partition coefficient (Wildman–Crippen LogP) is 1.65. The van der Waals surface area contributed by atoms with Crippen LogP contribution < -0.4 is 10.4 Å². The predicted molar refractivity (Wildman–Crippen MR) is 58.0 cm³/mol. The summed E-state index contributed by atoms with van der Waals surface area (Å²) in [5, 5.41) is 0. The van der Waals surface area contributed by atoms with Gasteiger partial charge in [-0.05, 0) is 39.3 Å². The molecular formula is C11H14N2O2. The van der Waals surface area contributed by atoms with Crippen molar-refractivity contribution in [3.05, 3.63) is 27.8 Å². The summed E-state index contributed by atoms with van der Waals surface area (Å²) in [7, 11) is 0. The van der Waals surface area contributed by atoms with Crippen LogP contribution in [0.1, 0.15) is 32.0 Å². The Morgan fingerprint density at radius 3 is 2.73 bits per heavy atom. The molecule has 15 heavy (non-hydrogen) atoms. The molecule has 1 aliphatic heterocycles. The zero-order chi connectivity index (χ0) is 11.2. The summed E-state index contributed by atoms with van der Waals surface area (Å²) in [6, 6.07) is 0. The van der Waals surface area contributed by atoms with Gasteiger partial charge >= 0.3 is 5.69 Å². The number of hydrogen-bond acceptors (Lipinski definition) is 3. The Morgan fingerprint density at radius 2 is 2.07 bits per heavy atom. The topological polar surface area (TPSA) is 55.0 Å². The van der Waals surface area contributed by atoms with E-state index in [1.54, 1.807) is 0 Å². The summed E-state index contributed by atoms with van der Waals surface area (Å²) in [6.07, 6.45) is 2.03. The second kappa shape index (κ2) is 2.95. The van der Waals surface area contributed by atoms with Crippen molar-refractivity contribution in [3.8, 4) is 5.88 Å². The van der Waals surface area contributed by atoms with E-state index in [1.165, 1.54) is 0 Å². The molecule has 2 rings (SSSR count). The zero-order valence-electron chi connectivity index (χ0n) is 9.34. The number of aryl methyl sites for hydroxylation is 1. The molecule has 0 radical (unpaired) electrons. The third-order valence-electron chi connectivity index (χ3n) is 2.40. The lowest BCUT2D eigenvalue weighted by Gasteiger charge is -2.29. The van der Waals surface area contributed by atoms with Crippen molar-refractivity contribution in [3.63, 3.8) is 0 Å². The molecule has 0 bridgehead atoms. The molecule has 0 amide bonds. The molecule has 0 aliphatic carbocycles. The van der Waals surface area contributed by atoms with E-state index in [-0.39, 0.29) is 5.69 Å². The van der Waals surface area contributed by atoms with Gasteiger partial charge < -0.3 is 9.72 Å². The highest BCUT2D eigenvalue weighted by Gasteiger charge is 2.27. The van der Waals surface area contributed by atoms with Crippen LogP contribution in [0.4, 0.5) is 0 Å². The Kier molecular flexibility index (Phi) is 1.96. The minimum Gasteiger partial charge on any atom is -0.467 e. The molecule has 0 fully saturated rings. The first kappa shape index (κ1) is 9.96. The van der Waals surface area contributed by atoms with Crippen molar-refractivity contribution in [2.24, 2.45) is 0 Å². The number of nitrogens with zero attached hydrogens (tertiary/aromatic N) is 1. The standard InChI is InChI=1S/C11H14N2O2/c1-6-5-11(3,4)15-9-8(6)7(2)12-10(14)13-9/h5H,1-4H3,(H,12,13,14). The average molecular weight is 206 g/mol. The highest BCUT2D eigenvalue weighted by molar-refractivity contribution is 5.71. The molecule has 1 aliphatic rings. The molecule has 4 nitrogen and oxygen atoms in total. The van der Waals surface area contributed by atoms with Crippen LogP contribution >= 0.6 is 0 Å². The van der Waals surface area contributed by atoms with E-state index >= 15 is 0 Å². The van der Waals surface area contributed by atoms with E-state index in [2.05, 4.69) is 9.97 Å². The minimum atomic E-state index is -0.398. The Bertz CT molecular complexity index is 498. The van der Waals surface area contributed by atoms with Crippen molar-refractivity contribution in [2.75, 3.05) is 0 Å². The van der Waals surface area contributed by atoms with Gasteiger partial charge in [0, 0.05) is 5.69 Å². The molecule has 4 heteroatoms. The lowest BCUT2D eigenvalue weighted by atomic mass is 9.97. The number of H-pyrrole nitrogens is 1. The molecule has 0 unspecified atom stereocenters. The second-order valence-corrected chi connectivity index (χ2v) is 4.38. The quantitative estimate of drug-likeness (QED) is 0.702. The van der Waals surface area contributed by atoms with Crippen molar-refractivity contribution >= 4 is 5.57 Å². The number of rotatable bonds is 0. The van der Waals surface area contributed by atoms with E-state index in [0.717, 1.165) is 16.8 Å². The van der Waals surface area contributed by atoms with Crippen molar-refractivity contribution < 1.29 is 4.74 Å². The summed E-state index contributed by atoms with van der Waals surface area (Å²) in [6.45, 7) is 7.73. The Hall–Kier alpha value is -1.58. The number of allylic oxidation sites excluding steroid dienone is 1. The first-order valence-corrected chi connectivity index (χ1v) is 4.89. The van der Waals surface area contributed by atoms with Crippen LogP contribution in [0.25, 0.3) is 5.57 Å². The fourth-order valence-corrected chi connectivity index (χ4v) is 1.97. The number of ether oxygens (including phenoxy) is 1. The zero-order valence-corrected chi connectivity index (χ0v) is 9.34. The SMILES string of the molecule is CC1=CC(C)(C)Oc2nc(=O)[nH]c(C)c21. The van der Waals surface area contributed by atoms with Crippen molar-refractivity contribution in [2.45, 2.75) is 33.3 Å². The number of aromatic nitrogens is 2. The van der Waals surface area contributed by atoms with Crippen LogP contribution in [-0.2, 0) is 0 Å². The van der Waals surface area contributed by atoms with Gasteiger partial charge in [-0.25, -0.2) is 4.79 Å². The normalized spacial score (nSPS) is 17.7. The van der Waals surface area contributed by atoms with Gasteiger partial charge in [0.1, 0.15) is 5.60 Å². The maximum absolute atomic E-state index is 11.2. The van der Waals surface area contributed by atoms with E-state index in [9.17, 15) is 4.79 Å². The number of aromatic amines is 1. The summed E-state index contributed by atoms with van der Waals surface area (Å²) in [4.78, 5) is 17.7. The van der Waals surface area contributed by atoms with Crippen LogP contribution in [0.15, 0.2) is 10.9 Å². The second-order valence-electron chi connectivity index (χ2n) is 4.38. The fraction of sp³-hybridized carbons (Fsp3) is 0.455. The molecule has 0 atom stereocenters. The van der Waals surface area contributed by atoms with Crippen LogP contribution in [-0.4, -0.2) is 15.6 Å². The molecule has 2 heterocycles. The van der Waals surface area contributed by atoms with E-state index in [1.807, 2.05) is 33.8 Å². The lowest BCUT2D eigenvalue weighted by molar-refractivity contribution is 0.149. The number of hydrogen-bond donors (Lipinski definition) is 1. The smallest absolute Gasteiger partial charge is 0.348 e. The average Bonchev–Trinajstić information content (AvgIpc) is 1.97. The number of fused-ring (bicyclic) bond motifs is 1. The Balaban J connectivity index is 2.70. The first-order valence-electron chi connectivity index (χ1n) is 4.89. The molecule has 0 saturated heterocycles. The van der Waals surface area contributed by atoms with Crippen LogP contribution in [0.5, 0.6) is 5.88 Å². The minimum absolute atomic E-state index is 0.364. The van der Waals surface area contributed by atoms with Gasteiger partial charge in [-0.2, -0.15) is 4.98 Å². The van der Waals surface area contributed by atoms with Crippen LogP contribution in [0, 0.1) is 6.92 Å². The van der Waals surface area contributed by atoms with E-state index < -0.39 is 5.60 Å². The van der Waals surface area contributed by atoms with Crippen molar-refractivity contribution in [1.82, 2.24) is 9.97 Å². The third kappa shape index (κ3) is 1.67. The monoisotopic (exact) mass is 206 g/mol. The number of nitrogens with one attached hydrogen (secondary N) is 1. The molecule has 80 valence electrons. The lowest BCUT2D eigenvalue weighted by Crippen LogP contribution is -2.31. The van der Waals surface area contributed by atoms with Gasteiger partial charge in [-0.3, -0.25) is 0 Å². The summed E-state index contributed by atoms with van der Waals surface area (Å²) < 4.78 is 5.64. The maximum atomic E-state index is 11.2. The van der Waals surface area contributed by atoms with Crippen molar-refractivity contribution in [1.29, 1.82) is 0 Å². The van der Waals surface area contributed by atoms with E-state index in [0.29, 0.717) is 5.88 Å². The molecule has 1 N–H and O–H groups in total. The molecular weight excluding hydrogens is 192 g/mol. The Morgan fingerprint density at radius 1 is 1.40 bits per heavy atom. The molecule has 0 saturated carbocycles. The van der Waals surface area contributed by atoms with E-state index in [4.69, 9.17) is 4.74 Å². The van der Waals surface area contributed by atoms with Crippen LogP contribution in [0.3, 0.4) is 0 Å².